The topological polar surface area (TPSA) is 80.9 Å². The molecule has 2 N–H and O–H groups in total. The molecule has 3 fully saturated rings. The number of methoxy groups -OCH3 is 1. The van der Waals surface area contributed by atoms with Crippen molar-refractivity contribution in [2.24, 2.45) is 0 Å². The lowest BCUT2D eigenvalue weighted by Crippen LogP contribution is -2.64. The fourth-order valence-electron chi connectivity index (χ4n) is 7.49. The molecule has 0 radical (unpaired) electrons. The van der Waals surface area contributed by atoms with Crippen LogP contribution < -0.4 is 15.5 Å². The largest absolute Gasteiger partial charge is 0.496 e. The van der Waals surface area contributed by atoms with E-state index in [0.717, 1.165) is 49.8 Å². The summed E-state index contributed by atoms with van der Waals surface area (Å²) in [6, 6.07) is 12.1. The number of carbonyl (C=O) groups is 1. The minimum atomic E-state index is -0.553. The zero-order valence-electron chi connectivity index (χ0n) is 25.5. The van der Waals surface area contributed by atoms with E-state index in [0.29, 0.717) is 56.2 Å². The molecular weight excluding hydrogens is 564 g/mol. The second-order valence-corrected chi connectivity index (χ2v) is 12.4. The van der Waals surface area contributed by atoms with Gasteiger partial charge in [0.05, 0.1) is 18.8 Å². The van der Waals surface area contributed by atoms with Gasteiger partial charge in [-0.25, -0.2) is 13.6 Å². The van der Waals surface area contributed by atoms with Gasteiger partial charge in [-0.1, -0.05) is 25.0 Å². The number of benzene rings is 2. The third kappa shape index (κ3) is 5.85. The van der Waals surface area contributed by atoms with Crippen LogP contribution in [0.4, 0.5) is 13.6 Å². The number of ether oxygens (including phenoxy) is 1. The highest BCUT2D eigenvalue weighted by Gasteiger charge is 2.46. The first kappa shape index (κ1) is 30.3. The number of hydrogen-bond acceptors (Lipinski definition) is 5. The van der Waals surface area contributed by atoms with E-state index in [2.05, 4.69) is 15.2 Å². The number of para-hydroxylation sites is 1. The summed E-state index contributed by atoms with van der Waals surface area (Å²) < 4.78 is 34.7. The molecule has 1 aliphatic carbocycles. The van der Waals surface area contributed by atoms with Gasteiger partial charge in [0.1, 0.15) is 17.4 Å². The Morgan fingerprint density at radius 2 is 1.89 bits per heavy atom. The highest BCUT2D eigenvalue weighted by Crippen LogP contribution is 2.40. The third-order valence-electron chi connectivity index (χ3n) is 9.93. The molecule has 10 heteroatoms. The first-order valence-electron chi connectivity index (χ1n) is 15.6. The van der Waals surface area contributed by atoms with Crippen LogP contribution in [-0.2, 0) is 6.54 Å². The molecule has 1 spiro atoms. The van der Waals surface area contributed by atoms with Crippen LogP contribution in [0.2, 0.25) is 0 Å². The second kappa shape index (κ2) is 12.7. The normalized spacial score (nSPS) is 22.0. The summed E-state index contributed by atoms with van der Waals surface area (Å²) in [5.41, 5.74) is 2.17. The molecule has 8 nitrogen and oxygen atoms in total. The van der Waals surface area contributed by atoms with Crippen molar-refractivity contribution < 1.29 is 18.3 Å². The van der Waals surface area contributed by atoms with Gasteiger partial charge in [-0.05, 0) is 63.1 Å². The van der Waals surface area contributed by atoms with Crippen LogP contribution in [0.15, 0.2) is 59.5 Å². The summed E-state index contributed by atoms with van der Waals surface area (Å²) in [5.74, 6) is -0.311. The Morgan fingerprint density at radius 3 is 2.64 bits per heavy atom. The molecule has 3 aromatic rings. The maximum absolute atomic E-state index is 15.0. The quantitative estimate of drug-likeness (QED) is 0.399. The number of H-pyrrole nitrogens is 1. The van der Waals surface area contributed by atoms with E-state index in [1.807, 2.05) is 36.2 Å². The Morgan fingerprint density at radius 1 is 1.09 bits per heavy atom. The lowest BCUT2D eigenvalue weighted by molar-refractivity contribution is -0.00238. The van der Waals surface area contributed by atoms with E-state index in [1.165, 1.54) is 6.07 Å². The number of aromatic nitrogens is 1. The van der Waals surface area contributed by atoms with Gasteiger partial charge < -0.3 is 24.8 Å². The van der Waals surface area contributed by atoms with Gasteiger partial charge in [0.25, 0.3) is 0 Å². The number of piperazine rings is 1. The van der Waals surface area contributed by atoms with E-state index in [1.54, 1.807) is 24.3 Å². The van der Waals surface area contributed by atoms with Crippen molar-refractivity contribution in [3.8, 4) is 17.0 Å². The van der Waals surface area contributed by atoms with Crippen LogP contribution in [0, 0.1) is 11.6 Å². The molecule has 6 rings (SSSR count). The predicted octanol–water partition coefficient (Wildman–Crippen LogP) is 5.30. The number of pyridine rings is 1. The van der Waals surface area contributed by atoms with Crippen LogP contribution in [0.1, 0.15) is 55.7 Å². The minimum Gasteiger partial charge on any atom is -0.496 e. The average molecular weight is 606 g/mol. The molecule has 1 saturated carbocycles. The molecular formula is C34H41F2N5O3. The lowest BCUT2D eigenvalue weighted by atomic mass is 9.90. The van der Waals surface area contributed by atoms with Gasteiger partial charge in [0.15, 0.2) is 5.43 Å². The molecule has 2 saturated heterocycles. The molecule has 0 unspecified atom stereocenters. The Hall–Kier alpha value is -3.76. The molecule has 44 heavy (non-hydrogen) atoms. The standard InChI is InChI=1S/C34H41F2N5O3/c1-37-25-11-14-41(30(18-25)27-17-24(35)9-10-28(27)36)33(43)39-15-16-40(34(22-39)12-5-6-13-34)21-23-20-38-29(19-31(23)42)26-7-3-4-8-32(26)44-2/h3-4,7-10,17,19-20,25,30,37H,5-6,11-16,18,21-22H2,1-2H3,(H,38,42)/t25-,30+/m1/s1. The molecule has 0 bridgehead atoms. The summed E-state index contributed by atoms with van der Waals surface area (Å²) in [4.78, 5) is 36.8. The Bertz CT molecular complexity index is 1560. The molecule has 3 heterocycles. The Kier molecular flexibility index (Phi) is 8.73. The monoisotopic (exact) mass is 605 g/mol. The first-order chi connectivity index (χ1) is 21.3. The van der Waals surface area contributed by atoms with Crippen LogP contribution >= 0.6 is 0 Å². The van der Waals surface area contributed by atoms with E-state index >= 15 is 0 Å². The Labute approximate surface area is 257 Å². The fraction of sp³-hybridized carbons (Fsp3) is 0.471. The number of likely N-dealkylation sites (tertiary alicyclic amines) is 1. The molecule has 3 aliphatic rings. The van der Waals surface area contributed by atoms with Crippen molar-refractivity contribution in [1.82, 2.24) is 25.0 Å². The minimum absolute atomic E-state index is 0.0383. The van der Waals surface area contributed by atoms with Gasteiger partial charge in [-0.3, -0.25) is 9.69 Å². The summed E-state index contributed by atoms with van der Waals surface area (Å²) in [7, 11) is 3.47. The van der Waals surface area contributed by atoms with Crippen LogP contribution in [0.5, 0.6) is 5.75 Å². The maximum atomic E-state index is 15.0. The van der Waals surface area contributed by atoms with E-state index in [-0.39, 0.29) is 28.6 Å². The smallest absolute Gasteiger partial charge is 0.320 e. The van der Waals surface area contributed by atoms with Crippen LogP contribution in [0.25, 0.3) is 11.3 Å². The maximum Gasteiger partial charge on any atom is 0.320 e. The number of nitrogens with one attached hydrogen (secondary N) is 2. The van der Waals surface area contributed by atoms with Gasteiger partial charge in [0.2, 0.25) is 0 Å². The van der Waals surface area contributed by atoms with E-state index in [4.69, 9.17) is 4.74 Å². The van der Waals surface area contributed by atoms with Crippen molar-refractivity contribution in [3.05, 3.63) is 87.7 Å². The molecule has 234 valence electrons. The molecule has 1 aromatic heterocycles. The summed E-state index contributed by atoms with van der Waals surface area (Å²) in [6.45, 7) is 2.64. The predicted molar refractivity (Wildman–Crippen MR) is 166 cm³/mol. The van der Waals surface area contributed by atoms with Gasteiger partial charge in [-0.2, -0.15) is 0 Å². The van der Waals surface area contributed by atoms with Crippen molar-refractivity contribution in [2.45, 2.75) is 62.7 Å². The SMILES string of the molecule is CN[C@@H]1CCN(C(=O)N2CCN(Cc3c[nH]c(-c4ccccc4OC)cc3=O)C3(CCCC3)C2)[C@H](c2cc(F)ccc2F)C1. The molecule has 2 aromatic carbocycles. The van der Waals surface area contributed by atoms with Crippen LogP contribution in [0.3, 0.4) is 0 Å². The number of rotatable bonds is 6. The third-order valence-corrected chi connectivity index (χ3v) is 9.93. The van der Waals surface area contributed by atoms with Crippen molar-refractivity contribution in [1.29, 1.82) is 0 Å². The van der Waals surface area contributed by atoms with Crippen molar-refractivity contribution >= 4 is 6.03 Å². The fourth-order valence-corrected chi connectivity index (χ4v) is 7.49. The zero-order valence-corrected chi connectivity index (χ0v) is 25.5. The number of amides is 2. The van der Waals surface area contributed by atoms with E-state index in [9.17, 15) is 18.4 Å². The number of carbonyl (C=O) groups excluding carboxylic acids is 1. The Balaban J connectivity index is 1.21. The van der Waals surface area contributed by atoms with Gasteiger partial charge in [0, 0.05) is 73.3 Å². The van der Waals surface area contributed by atoms with Crippen molar-refractivity contribution in [3.63, 3.8) is 0 Å². The number of hydrogen-bond donors (Lipinski definition) is 2. The molecule has 2 aliphatic heterocycles. The number of halogens is 2. The molecule has 2 amide bonds. The highest BCUT2D eigenvalue weighted by atomic mass is 19.1. The first-order valence-corrected chi connectivity index (χ1v) is 15.6. The molecule has 2 atom stereocenters. The second-order valence-electron chi connectivity index (χ2n) is 12.4. The summed E-state index contributed by atoms with van der Waals surface area (Å²) in [6.07, 6.45) is 7.07. The summed E-state index contributed by atoms with van der Waals surface area (Å²) in [5, 5.41) is 3.26. The number of nitrogens with zero attached hydrogens (tertiary/aromatic N) is 3. The summed E-state index contributed by atoms with van der Waals surface area (Å²) >= 11 is 0. The van der Waals surface area contributed by atoms with Crippen LogP contribution in [-0.4, -0.2) is 77.6 Å². The average Bonchev–Trinajstić information content (AvgIpc) is 3.51. The number of piperidine rings is 1. The number of urea groups is 1. The highest BCUT2D eigenvalue weighted by molar-refractivity contribution is 5.75. The zero-order chi connectivity index (χ0) is 30.8. The lowest BCUT2D eigenvalue weighted by Gasteiger charge is -2.51. The number of aromatic amines is 1. The van der Waals surface area contributed by atoms with E-state index < -0.39 is 17.7 Å². The van der Waals surface area contributed by atoms with Crippen molar-refractivity contribution in [2.75, 3.05) is 40.3 Å². The van der Waals surface area contributed by atoms with Gasteiger partial charge in [-0.15, -0.1) is 0 Å². The van der Waals surface area contributed by atoms with Gasteiger partial charge >= 0.3 is 6.03 Å².